The van der Waals surface area contributed by atoms with Gasteiger partial charge in [0.2, 0.25) is 0 Å². The van der Waals surface area contributed by atoms with Crippen molar-refractivity contribution in [2.75, 3.05) is 0 Å². The van der Waals surface area contributed by atoms with Crippen LogP contribution in [0.4, 0.5) is 0 Å². The lowest BCUT2D eigenvalue weighted by atomic mass is 10.1. The SMILES string of the molecule is CC(C)(C#Cc1ccccc1)OC(=O)c1cccc(-[s+]2ccc3ccccc32)c1. The molecular formula is C26H21O2S+. The third-order valence-electron chi connectivity index (χ3n) is 4.49. The predicted molar refractivity (Wildman–Crippen MR) is 121 cm³/mol. The number of carbonyl (C=O) groups excluding carboxylic acids is 1. The van der Waals surface area contributed by atoms with Crippen LogP contribution in [0.5, 0.6) is 0 Å². The molecule has 3 aromatic carbocycles. The van der Waals surface area contributed by atoms with Gasteiger partial charge >= 0.3 is 5.97 Å². The fourth-order valence-corrected chi connectivity index (χ4v) is 4.99. The quantitative estimate of drug-likeness (QED) is 0.222. The minimum absolute atomic E-state index is 0.160. The van der Waals surface area contributed by atoms with Gasteiger partial charge in [-0.15, -0.1) is 0 Å². The van der Waals surface area contributed by atoms with E-state index in [1.807, 2.05) is 62.4 Å². The van der Waals surface area contributed by atoms with Gasteiger partial charge in [0, 0.05) is 33.6 Å². The van der Waals surface area contributed by atoms with Crippen LogP contribution < -0.4 is 0 Å². The van der Waals surface area contributed by atoms with Gasteiger partial charge in [0.05, 0.1) is 5.56 Å². The Morgan fingerprint density at radius 1 is 0.897 bits per heavy atom. The van der Waals surface area contributed by atoms with Gasteiger partial charge in [0.15, 0.2) is 15.2 Å². The van der Waals surface area contributed by atoms with Crippen LogP contribution in [0.15, 0.2) is 90.3 Å². The maximum absolute atomic E-state index is 12.8. The predicted octanol–water partition coefficient (Wildman–Crippen LogP) is 6.57. The number of ether oxygens (including phenoxy) is 1. The summed E-state index contributed by atoms with van der Waals surface area (Å²) in [5, 5.41) is 3.44. The van der Waals surface area contributed by atoms with Gasteiger partial charge < -0.3 is 4.74 Å². The number of carbonyl (C=O) groups is 1. The fraction of sp³-hybridized carbons (Fsp3) is 0.115. The molecule has 1 aromatic heterocycles. The normalized spacial score (nSPS) is 11.6. The molecule has 0 aliphatic carbocycles. The fourth-order valence-electron chi connectivity index (χ4n) is 3.06. The molecule has 29 heavy (non-hydrogen) atoms. The Kier molecular flexibility index (Phi) is 5.20. The van der Waals surface area contributed by atoms with E-state index >= 15 is 0 Å². The van der Waals surface area contributed by atoms with Crippen molar-refractivity contribution in [2.24, 2.45) is 0 Å². The van der Waals surface area contributed by atoms with Crippen molar-refractivity contribution in [1.29, 1.82) is 0 Å². The first-order valence-electron chi connectivity index (χ1n) is 9.44. The van der Waals surface area contributed by atoms with E-state index in [0.29, 0.717) is 5.56 Å². The summed E-state index contributed by atoms with van der Waals surface area (Å²) in [5.41, 5.74) is 0.555. The van der Waals surface area contributed by atoms with Gasteiger partial charge in [0.1, 0.15) is 5.38 Å². The standard InChI is InChI=1S/C26H21O2S/c1-26(2,17-15-20-9-4-3-5-10-20)28-25(27)22-12-8-13-23(19-22)29-18-16-21-11-6-7-14-24(21)29/h3-14,16,18-19H,1-2H3/q+1. The van der Waals surface area contributed by atoms with Crippen LogP contribution in [0, 0.1) is 11.8 Å². The molecule has 1 unspecified atom stereocenters. The highest BCUT2D eigenvalue weighted by molar-refractivity contribution is 7.43. The molecule has 4 aromatic rings. The molecule has 0 aliphatic rings. The Morgan fingerprint density at radius 3 is 2.48 bits per heavy atom. The molecule has 0 radical (unpaired) electrons. The van der Waals surface area contributed by atoms with Crippen molar-refractivity contribution in [2.45, 2.75) is 19.4 Å². The number of esters is 1. The Labute approximate surface area is 173 Å². The van der Waals surface area contributed by atoms with Crippen LogP contribution in [0.3, 0.4) is 0 Å². The van der Waals surface area contributed by atoms with Crippen molar-refractivity contribution in [3.63, 3.8) is 0 Å². The molecule has 1 heterocycles. The minimum atomic E-state index is -0.884. The smallest absolute Gasteiger partial charge is 0.339 e. The molecular weight excluding hydrogens is 376 g/mol. The topological polar surface area (TPSA) is 26.3 Å². The van der Waals surface area contributed by atoms with Crippen LogP contribution in [-0.4, -0.2) is 11.6 Å². The summed E-state index contributed by atoms with van der Waals surface area (Å²) in [6.45, 7) is 3.62. The summed E-state index contributed by atoms with van der Waals surface area (Å²) in [7, 11) is -0.160. The van der Waals surface area contributed by atoms with E-state index in [1.54, 1.807) is 6.07 Å². The summed E-state index contributed by atoms with van der Waals surface area (Å²) in [5.74, 6) is 5.77. The van der Waals surface area contributed by atoms with E-state index in [-0.39, 0.29) is 16.4 Å². The first-order chi connectivity index (χ1) is 14.0. The number of hydrogen-bond donors (Lipinski definition) is 0. The van der Waals surface area contributed by atoms with E-state index in [2.05, 4.69) is 47.6 Å². The van der Waals surface area contributed by atoms with Gasteiger partial charge in [-0.1, -0.05) is 48.2 Å². The van der Waals surface area contributed by atoms with Crippen molar-refractivity contribution >= 4 is 26.5 Å². The zero-order valence-electron chi connectivity index (χ0n) is 16.4. The second kappa shape index (κ2) is 7.95. The number of benzene rings is 3. The Hall–Kier alpha value is -3.35. The molecule has 0 bridgehead atoms. The maximum Gasteiger partial charge on any atom is 0.339 e. The Morgan fingerprint density at radius 2 is 1.66 bits per heavy atom. The first kappa shape index (κ1) is 19.0. The zero-order chi connectivity index (χ0) is 20.3. The number of rotatable bonds is 3. The lowest BCUT2D eigenvalue weighted by Crippen LogP contribution is -2.26. The van der Waals surface area contributed by atoms with Crippen LogP contribution in [0.1, 0.15) is 29.8 Å². The molecule has 2 nitrogen and oxygen atoms in total. The molecule has 0 spiro atoms. The van der Waals surface area contributed by atoms with Gasteiger partial charge in [0.25, 0.3) is 0 Å². The summed E-state index contributed by atoms with van der Waals surface area (Å²) in [6.07, 6.45) is 0. The maximum atomic E-state index is 12.8. The molecule has 0 aliphatic heterocycles. The largest absolute Gasteiger partial charge is 0.443 e. The van der Waals surface area contributed by atoms with E-state index in [9.17, 15) is 4.79 Å². The van der Waals surface area contributed by atoms with Crippen LogP contribution >= 0.6 is 10.5 Å². The van der Waals surface area contributed by atoms with Crippen molar-refractivity contribution < 1.29 is 9.53 Å². The summed E-state index contributed by atoms with van der Waals surface area (Å²) >= 11 is 0. The van der Waals surface area contributed by atoms with E-state index in [0.717, 1.165) is 10.5 Å². The highest BCUT2D eigenvalue weighted by Gasteiger charge is 2.23. The highest BCUT2D eigenvalue weighted by Crippen LogP contribution is 2.39. The van der Waals surface area contributed by atoms with Crippen LogP contribution in [0.2, 0.25) is 0 Å². The summed E-state index contributed by atoms with van der Waals surface area (Å²) < 4.78 is 6.99. The molecule has 1 atom stereocenters. The van der Waals surface area contributed by atoms with Crippen molar-refractivity contribution in [3.05, 3.63) is 101 Å². The minimum Gasteiger partial charge on any atom is -0.443 e. The first-order valence-corrected chi connectivity index (χ1v) is 10.7. The van der Waals surface area contributed by atoms with E-state index in [1.165, 1.54) is 10.1 Å². The lowest BCUT2D eigenvalue weighted by molar-refractivity contribution is 0.0204. The number of fused-ring (bicyclic) bond motifs is 1. The molecule has 0 saturated heterocycles. The third kappa shape index (κ3) is 4.39. The molecule has 4 rings (SSSR count). The molecule has 0 N–H and O–H groups in total. The lowest BCUT2D eigenvalue weighted by Gasteiger charge is -2.18. The third-order valence-corrected chi connectivity index (χ3v) is 6.51. The zero-order valence-corrected chi connectivity index (χ0v) is 17.2. The molecule has 142 valence electrons. The molecule has 0 saturated carbocycles. The highest BCUT2D eigenvalue weighted by atomic mass is 32.2. The summed E-state index contributed by atoms with van der Waals surface area (Å²) in [4.78, 5) is 13.9. The number of hydrogen-bond acceptors (Lipinski definition) is 2. The monoisotopic (exact) mass is 397 g/mol. The average molecular weight is 398 g/mol. The molecule has 0 fully saturated rings. The average Bonchev–Trinajstić information content (AvgIpc) is 3.17. The number of thiophene rings is 1. The van der Waals surface area contributed by atoms with Gasteiger partial charge in [-0.25, -0.2) is 4.79 Å². The van der Waals surface area contributed by atoms with E-state index in [4.69, 9.17) is 4.74 Å². The van der Waals surface area contributed by atoms with Gasteiger partial charge in [-0.2, -0.15) is 0 Å². The Bertz CT molecular complexity index is 1220. The van der Waals surface area contributed by atoms with Crippen LogP contribution in [-0.2, 0) is 4.74 Å². The van der Waals surface area contributed by atoms with Crippen molar-refractivity contribution in [3.8, 4) is 16.7 Å². The van der Waals surface area contributed by atoms with Gasteiger partial charge in [-0.3, -0.25) is 0 Å². The van der Waals surface area contributed by atoms with Gasteiger partial charge in [-0.05, 0) is 50.2 Å². The summed E-state index contributed by atoms with van der Waals surface area (Å²) in [6, 6.07) is 27.9. The molecule has 3 heteroatoms. The van der Waals surface area contributed by atoms with E-state index < -0.39 is 5.60 Å². The Balaban J connectivity index is 1.57. The van der Waals surface area contributed by atoms with Crippen LogP contribution in [0.25, 0.3) is 15.0 Å². The van der Waals surface area contributed by atoms with Crippen molar-refractivity contribution in [1.82, 2.24) is 0 Å². The second-order valence-corrected chi connectivity index (χ2v) is 9.08. The molecule has 0 amide bonds. The second-order valence-electron chi connectivity index (χ2n) is 7.22.